The molecule has 8 heteroatoms. The molecule has 0 bridgehead atoms. The van der Waals surface area contributed by atoms with Crippen LogP contribution in [0, 0.1) is 0 Å². The summed E-state index contributed by atoms with van der Waals surface area (Å²) < 4.78 is 3.44. The number of methoxy groups -OCH3 is 1. The summed E-state index contributed by atoms with van der Waals surface area (Å²) in [4.78, 5) is 25.3. The van der Waals surface area contributed by atoms with Crippen LogP contribution in [0.2, 0.25) is 0 Å². The minimum absolute atomic E-state index is 0.150. The van der Waals surface area contributed by atoms with E-state index in [1.54, 1.807) is 0 Å². The highest BCUT2D eigenvalue weighted by atomic mass is 79.9. The summed E-state index contributed by atoms with van der Waals surface area (Å²) in [5, 5.41) is -0.150. The lowest BCUT2D eigenvalue weighted by Gasteiger charge is -2.46. The molecule has 96 valence electrons. The molecule has 0 N–H and O–H groups in total. The first kappa shape index (κ1) is 14.0. The summed E-state index contributed by atoms with van der Waals surface area (Å²) in [5.41, 5.74) is 0. The Balaban J connectivity index is 2.36. The van der Waals surface area contributed by atoms with E-state index in [1.165, 1.54) is 23.8 Å². The third-order valence-electron chi connectivity index (χ3n) is 3.01. The van der Waals surface area contributed by atoms with Crippen LogP contribution in [0.1, 0.15) is 6.92 Å². The van der Waals surface area contributed by atoms with Crippen LogP contribution in [0.4, 0.5) is 0 Å². The molecule has 2 aliphatic heterocycles. The highest BCUT2D eigenvalue weighted by Gasteiger charge is 2.71. The van der Waals surface area contributed by atoms with E-state index in [9.17, 15) is 9.59 Å². The second-order valence-corrected chi connectivity index (χ2v) is 9.63. The largest absolute Gasteiger partial charge is 0.467 e. The van der Waals surface area contributed by atoms with Crippen molar-refractivity contribution in [3.05, 3.63) is 0 Å². The van der Waals surface area contributed by atoms with E-state index < -0.39 is 20.0 Å². The molecule has 0 radical (unpaired) electrons. The highest BCUT2D eigenvalue weighted by molar-refractivity contribution is 9.26. The molecule has 2 heterocycles. The monoisotopic (exact) mass is 405 g/mol. The van der Waals surface area contributed by atoms with Crippen LogP contribution >= 0.6 is 55.2 Å². The van der Waals surface area contributed by atoms with E-state index >= 15 is 0 Å². The predicted octanol–water partition coefficient (Wildman–Crippen LogP) is 1.93. The van der Waals surface area contributed by atoms with Gasteiger partial charge in [0.05, 0.1) is 11.9 Å². The van der Waals surface area contributed by atoms with Crippen LogP contribution in [-0.2, 0) is 14.3 Å². The molecule has 4 nitrogen and oxygen atoms in total. The molecular weight excluding hydrogens is 397 g/mol. The Morgan fingerprint density at radius 2 is 2.24 bits per heavy atom. The molecule has 2 rings (SSSR count). The van der Waals surface area contributed by atoms with Crippen molar-refractivity contribution in [1.29, 1.82) is 0 Å². The molecule has 0 aromatic carbocycles. The third-order valence-corrected chi connectivity index (χ3v) is 7.59. The Morgan fingerprint density at radius 1 is 1.65 bits per heavy atom. The minimum Gasteiger partial charge on any atom is -0.467 e. The number of hydrogen-bond donors (Lipinski definition) is 0. The standard InChI is InChI=1S/C9H10Br2ClNO3S/c1-8(3-12)4(5(14)16-2)13-6(15)9(10,11)7(13)17-8/h4,7H,3H2,1-2H3/t4-,7+,8-/m0/s1. The Hall–Kier alpha value is 0.540. The normalized spacial score (nSPS) is 38.6. The summed E-state index contributed by atoms with van der Waals surface area (Å²) in [6, 6.07) is -0.629. The van der Waals surface area contributed by atoms with Crippen LogP contribution in [0.3, 0.4) is 0 Å². The zero-order valence-electron chi connectivity index (χ0n) is 9.08. The van der Waals surface area contributed by atoms with E-state index in [-0.39, 0.29) is 17.2 Å². The van der Waals surface area contributed by atoms with Crippen molar-refractivity contribution in [1.82, 2.24) is 4.90 Å². The number of halogens is 3. The van der Waals surface area contributed by atoms with Gasteiger partial charge in [-0.1, -0.05) is 31.9 Å². The number of esters is 1. The summed E-state index contributed by atoms with van der Waals surface area (Å²) in [6.07, 6.45) is 0. The predicted molar refractivity (Wildman–Crippen MR) is 73.7 cm³/mol. The highest BCUT2D eigenvalue weighted by Crippen LogP contribution is 2.60. The maximum absolute atomic E-state index is 12.0. The number of thioether (sulfide) groups is 1. The maximum Gasteiger partial charge on any atom is 0.330 e. The topological polar surface area (TPSA) is 46.6 Å². The lowest BCUT2D eigenvalue weighted by Crippen LogP contribution is -2.68. The van der Waals surface area contributed by atoms with Crippen molar-refractivity contribution in [2.75, 3.05) is 13.0 Å². The molecule has 3 atom stereocenters. The average Bonchev–Trinajstić information content (AvgIpc) is 2.61. The molecule has 0 aromatic heterocycles. The van der Waals surface area contributed by atoms with Crippen LogP contribution in [0.25, 0.3) is 0 Å². The molecule has 0 aliphatic carbocycles. The maximum atomic E-state index is 12.0. The van der Waals surface area contributed by atoms with Gasteiger partial charge in [-0.3, -0.25) is 4.79 Å². The van der Waals surface area contributed by atoms with Gasteiger partial charge >= 0.3 is 5.97 Å². The van der Waals surface area contributed by atoms with Gasteiger partial charge in [-0.05, 0) is 6.92 Å². The van der Waals surface area contributed by atoms with Gasteiger partial charge in [0.25, 0.3) is 5.91 Å². The second-order valence-electron chi connectivity index (χ2n) is 4.18. The van der Waals surface area contributed by atoms with Crippen molar-refractivity contribution in [3.8, 4) is 0 Å². The van der Waals surface area contributed by atoms with Crippen LogP contribution < -0.4 is 0 Å². The van der Waals surface area contributed by atoms with Gasteiger partial charge in [-0.15, -0.1) is 23.4 Å². The number of fused-ring (bicyclic) bond motifs is 1. The number of carbonyl (C=O) groups excluding carboxylic acids is 2. The quantitative estimate of drug-likeness (QED) is 0.399. The van der Waals surface area contributed by atoms with Crippen molar-refractivity contribution in [2.24, 2.45) is 0 Å². The SMILES string of the molecule is COC(=O)[C@@H]1N2C(=O)C(Br)(Br)[C@H]2S[C@@]1(C)CCl. The van der Waals surface area contributed by atoms with Crippen molar-refractivity contribution in [3.63, 3.8) is 0 Å². The number of amides is 1. The second kappa shape index (κ2) is 4.28. The lowest BCUT2D eigenvalue weighted by atomic mass is 9.98. The minimum atomic E-state index is -0.791. The fourth-order valence-corrected chi connectivity index (χ4v) is 5.31. The first-order chi connectivity index (χ1) is 7.79. The number of hydrogen-bond acceptors (Lipinski definition) is 4. The fraction of sp³-hybridized carbons (Fsp3) is 0.778. The molecule has 0 unspecified atom stereocenters. The fourth-order valence-electron chi connectivity index (χ4n) is 2.07. The number of nitrogens with zero attached hydrogens (tertiary/aromatic N) is 1. The Labute approximate surface area is 125 Å². The van der Waals surface area contributed by atoms with Gasteiger partial charge in [0.1, 0.15) is 11.4 Å². The smallest absolute Gasteiger partial charge is 0.330 e. The first-order valence-electron chi connectivity index (χ1n) is 4.82. The molecular formula is C9H10Br2ClNO3S. The van der Waals surface area contributed by atoms with Crippen LogP contribution in [-0.4, -0.2) is 49.2 Å². The molecule has 0 aromatic rings. The molecule has 17 heavy (non-hydrogen) atoms. The van der Waals surface area contributed by atoms with Gasteiger partial charge in [-0.2, -0.15) is 0 Å². The lowest BCUT2D eigenvalue weighted by molar-refractivity contribution is -0.159. The molecule has 1 amide bonds. The van der Waals surface area contributed by atoms with Crippen LogP contribution in [0.5, 0.6) is 0 Å². The van der Waals surface area contributed by atoms with Gasteiger partial charge in [-0.25, -0.2) is 4.79 Å². The van der Waals surface area contributed by atoms with Gasteiger partial charge in [0.2, 0.25) is 0 Å². The number of β-lactam (4-membered cyclic amide) rings is 1. The molecule has 2 aliphatic rings. The van der Waals surface area contributed by atoms with Crippen molar-refractivity contribution in [2.45, 2.75) is 26.3 Å². The third kappa shape index (κ3) is 1.76. The number of rotatable bonds is 2. The first-order valence-corrected chi connectivity index (χ1v) is 7.82. The van der Waals surface area contributed by atoms with E-state index in [1.807, 2.05) is 6.92 Å². The Morgan fingerprint density at radius 3 is 2.71 bits per heavy atom. The van der Waals surface area contributed by atoms with E-state index in [2.05, 4.69) is 31.9 Å². The van der Waals surface area contributed by atoms with E-state index in [4.69, 9.17) is 16.3 Å². The average molecular weight is 408 g/mol. The summed E-state index contributed by atoms with van der Waals surface area (Å²) >= 11 is 14.1. The number of ether oxygens (including phenoxy) is 1. The summed E-state index contributed by atoms with van der Waals surface area (Å²) in [6.45, 7) is 1.87. The Kier molecular flexibility index (Phi) is 3.52. The number of carbonyl (C=O) groups is 2. The van der Waals surface area contributed by atoms with E-state index in [0.717, 1.165) is 0 Å². The molecule has 2 saturated heterocycles. The van der Waals surface area contributed by atoms with E-state index in [0.29, 0.717) is 0 Å². The summed E-state index contributed by atoms with van der Waals surface area (Å²) in [5.74, 6) is -0.320. The van der Waals surface area contributed by atoms with Gasteiger partial charge in [0, 0.05) is 5.88 Å². The molecule has 0 saturated carbocycles. The van der Waals surface area contributed by atoms with Gasteiger partial charge < -0.3 is 9.64 Å². The molecule has 2 fully saturated rings. The number of alkyl halides is 3. The van der Waals surface area contributed by atoms with Crippen molar-refractivity contribution >= 4 is 67.1 Å². The van der Waals surface area contributed by atoms with Crippen molar-refractivity contribution < 1.29 is 14.3 Å². The van der Waals surface area contributed by atoms with Crippen LogP contribution in [0.15, 0.2) is 0 Å². The van der Waals surface area contributed by atoms with Gasteiger partial charge in [0.15, 0.2) is 3.23 Å². The Bertz CT molecular complexity index is 394. The molecule has 0 spiro atoms. The zero-order valence-corrected chi connectivity index (χ0v) is 13.8. The zero-order chi connectivity index (χ0) is 13.0. The summed E-state index contributed by atoms with van der Waals surface area (Å²) in [7, 11) is 1.31.